The van der Waals surface area contributed by atoms with Crippen LogP contribution in [0, 0.1) is 6.07 Å². The fourth-order valence-electron chi connectivity index (χ4n) is 14.2. The molecule has 12 rings (SSSR count). The number of hydrogen-bond acceptors (Lipinski definition) is 4. The van der Waals surface area contributed by atoms with Crippen molar-refractivity contribution in [2.24, 2.45) is 0 Å². The minimum Gasteiger partial charge on any atom is -0.304 e. The zero-order valence-electron chi connectivity index (χ0n) is 50.3. The Labute approximate surface area is 514 Å². The molecule has 0 aliphatic heterocycles. The molecule has 2 heterocycles. The Bertz CT molecular complexity index is 3840. The van der Waals surface area contributed by atoms with E-state index in [9.17, 15) is 0 Å². The smallest absolute Gasteiger partial charge is 0.165 e. The van der Waals surface area contributed by atoms with Crippen LogP contribution >= 0.6 is 0 Å². The van der Waals surface area contributed by atoms with Gasteiger partial charge in [-0.2, -0.15) is 0 Å². The maximum atomic E-state index is 5.25. The summed E-state index contributed by atoms with van der Waals surface area (Å²) in [6.07, 6.45) is 24.6. The van der Waals surface area contributed by atoms with Crippen molar-refractivity contribution in [1.29, 1.82) is 0 Å². The standard InChI is InChI=1S/C79H83N4.Ir/c1-6-8-10-12-14-25-47-79(48-26-15-13-11-9-7-2)72-52-60(71-51-59-31-19-20-38-66(59)67-39-23-24-40-68(67)71)41-44-69(72)70-45-42-61(53-73(70)79)74-46-43-63(54-80-74)76-81-75(82-77(83-76)78(3,4)5)62-35-28-33-57(50-62)56-32-27-34-58(49-56)65-37-22-21-36-64(65)55-29-17-16-18-30-55;/h16-20,23-24,27-35,38-41,43-46,49-54,64-65H,6-15,21-22,25-26,36-37,47-48H2,1-5H3;/q-1;. The molecule has 1 saturated carbocycles. The zero-order chi connectivity index (χ0) is 56.8. The quantitative estimate of drug-likeness (QED) is 0.0409. The van der Waals surface area contributed by atoms with Crippen LogP contribution in [-0.2, 0) is 30.9 Å². The number of pyridine rings is 1. The van der Waals surface area contributed by atoms with Crippen molar-refractivity contribution in [1.82, 2.24) is 19.9 Å². The molecule has 2 atom stereocenters. The van der Waals surface area contributed by atoms with Crippen molar-refractivity contribution in [3.63, 3.8) is 0 Å². The molecule has 429 valence electrons. The Hall–Kier alpha value is -6.91. The average molecular weight is 1280 g/mol. The van der Waals surface area contributed by atoms with Gasteiger partial charge in [0.2, 0.25) is 0 Å². The molecule has 10 aromatic rings. The molecule has 0 bridgehead atoms. The molecular weight excluding hydrogens is 1200 g/mol. The predicted molar refractivity (Wildman–Crippen MR) is 350 cm³/mol. The van der Waals surface area contributed by atoms with E-state index in [1.54, 1.807) is 0 Å². The van der Waals surface area contributed by atoms with Crippen molar-refractivity contribution in [3.05, 3.63) is 216 Å². The number of benzene rings is 8. The minimum atomic E-state index is -0.306. The van der Waals surface area contributed by atoms with Gasteiger partial charge in [0.25, 0.3) is 0 Å². The van der Waals surface area contributed by atoms with Crippen molar-refractivity contribution < 1.29 is 20.1 Å². The van der Waals surface area contributed by atoms with Crippen LogP contribution in [0.2, 0.25) is 0 Å². The monoisotopic (exact) mass is 1280 g/mol. The SMILES string of the molecule is CCCCCCCCC1(CCCCCCCC)c2cc(-c3ccc(-c4nc(-c5cccc(-c6cccc(C7CCCCC7c7ccccc7)c6)c5)nc(C(C)(C)C)n4)cn3)[c-]cc2-c2ccc(-c3cc4ccccc4c4ccccc34)cc21.[Ir]. The van der Waals surface area contributed by atoms with Gasteiger partial charge in [0.1, 0.15) is 5.82 Å². The van der Waals surface area contributed by atoms with E-state index in [0.29, 0.717) is 23.5 Å². The van der Waals surface area contributed by atoms with E-state index in [4.69, 9.17) is 19.9 Å². The Morgan fingerprint density at radius 3 is 1.75 bits per heavy atom. The summed E-state index contributed by atoms with van der Waals surface area (Å²) in [5, 5.41) is 5.22. The third-order valence-electron chi connectivity index (χ3n) is 18.7. The predicted octanol–water partition coefficient (Wildman–Crippen LogP) is 22.2. The third kappa shape index (κ3) is 12.4. The molecule has 2 aliphatic carbocycles. The van der Waals surface area contributed by atoms with Gasteiger partial charge in [-0.1, -0.05) is 287 Å². The van der Waals surface area contributed by atoms with Crippen LogP contribution < -0.4 is 0 Å². The van der Waals surface area contributed by atoms with Crippen LogP contribution in [0.3, 0.4) is 0 Å². The van der Waals surface area contributed by atoms with Crippen LogP contribution in [0.15, 0.2) is 182 Å². The number of unbranched alkanes of at least 4 members (excludes halogenated alkanes) is 10. The molecule has 0 N–H and O–H groups in total. The summed E-state index contributed by atoms with van der Waals surface area (Å²) in [4.78, 5) is 20.8. The Balaban J connectivity index is 0.00000736. The number of nitrogens with zero attached hydrogens (tertiary/aromatic N) is 4. The zero-order valence-corrected chi connectivity index (χ0v) is 52.7. The Morgan fingerprint density at radius 1 is 0.464 bits per heavy atom. The van der Waals surface area contributed by atoms with Crippen LogP contribution in [0.25, 0.3) is 89.0 Å². The summed E-state index contributed by atoms with van der Waals surface area (Å²) >= 11 is 0. The second-order valence-electron chi connectivity index (χ2n) is 25.3. The molecule has 2 aromatic heterocycles. The molecule has 2 aliphatic rings. The first-order chi connectivity index (χ1) is 40.7. The molecule has 1 radical (unpaired) electrons. The van der Waals surface area contributed by atoms with Crippen molar-refractivity contribution >= 4 is 21.5 Å². The van der Waals surface area contributed by atoms with E-state index in [1.165, 1.54) is 174 Å². The molecule has 8 aromatic carbocycles. The summed E-state index contributed by atoms with van der Waals surface area (Å²) < 4.78 is 0. The van der Waals surface area contributed by atoms with Crippen LogP contribution in [-0.4, -0.2) is 19.9 Å². The fourth-order valence-corrected chi connectivity index (χ4v) is 14.2. The molecule has 4 nitrogen and oxygen atoms in total. The summed E-state index contributed by atoms with van der Waals surface area (Å²) in [5.41, 5.74) is 16.9. The van der Waals surface area contributed by atoms with Gasteiger partial charge in [-0.15, -0.1) is 29.3 Å². The van der Waals surface area contributed by atoms with Crippen molar-refractivity contribution in [3.8, 4) is 67.4 Å². The first-order valence-electron chi connectivity index (χ1n) is 31.8. The normalized spacial score (nSPS) is 15.4. The second kappa shape index (κ2) is 26.6. The van der Waals surface area contributed by atoms with Gasteiger partial charge < -0.3 is 4.98 Å². The number of rotatable bonds is 21. The van der Waals surface area contributed by atoms with Gasteiger partial charge >= 0.3 is 0 Å². The molecule has 0 spiro atoms. The fraction of sp³-hybridized carbons (Fsp3) is 0.342. The van der Waals surface area contributed by atoms with E-state index < -0.39 is 0 Å². The average Bonchev–Trinajstić information content (AvgIpc) is 3.97. The summed E-state index contributed by atoms with van der Waals surface area (Å²) in [6, 6.07) is 69.9. The van der Waals surface area contributed by atoms with Crippen LogP contribution in [0.5, 0.6) is 0 Å². The topological polar surface area (TPSA) is 51.6 Å². The van der Waals surface area contributed by atoms with Crippen LogP contribution in [0.1, 0.15) is 190 Å². The first kappa shape index (κ1) is 58.8. The van der Waals surface area contributed by atoms with Crippen molar-refractivity contribution in [2.75, 3.05) is 0 Å². The summed E-state index contributed by atoms with van der Waals surface area (Å²) in [6.45, 7) is 11.2. The van der Waals surface area contributed by atoms with Gasteiger partial charge in [-0.05, 0) is 116 Å². The van der Waals surface area contributed by atoms with E-state index in [0.717, 1.165) is 46.6 Å². The van der Waals surface area contributed by atoms with E-state index in [1.807, 2.05) is 6.20 Å². The van der Waals surface area contributed by atoms with Gasteiger partial charge in [-0.25, -0.2) is 15.0 Å². The maximum Gasteiger partial charge on any atom is 0.165 e. The van der Waals surface area contributed by atoms with E-state index >= 15 is 0 Å². The van der Waals surface area contributed by atoms with E-state index in [-0.39, 0.29) is 30.9 Å². The third-order valence-corrected chi connectivity index (χ3v) is 18.7. The summed E-state index contributed by atoms with van der Waals surface area (Å²) in [7, 11) is 0. The minimum absolute atomic E-state index is 0. The molecule has 1 fully saturated rings. The number of aromatic nitrogens is 4. The maximum absolute atomic E-state index is 5.25. The van der Waals surface area contributed by atoms with Gasteiger partial charge in [0, 0.05) is 48.3 Å². The van der Waals surface area contributed by atoms with Crippen molar-refractivity contribution in [2.45, 2.75) is 173 Å². The molecule has 0 saturated heterocycles. The largest absolute Gasteiger partial charge is 0.304 e. The molecule has 2 unspecified atom stereocenters. The van der Waals surface area contributed by atoms with Gasteiger partial charge in [0.05, 0.1) is 0 Å². The van der Waals surface area contributed by atoms with Crippen LogP contribution in [0.4, 0.5) is 0 Å². The number of hydrogen-bond donors (Lipinski definition) is 0. The Morgan fingerprint density at radius 2 is 1.05 bits per heavy atom. The first-order valence-corrected chi connectivity index (χ1v) is 31.8. The number of fused-ring (bicyclic) bond motifs is 6. The molecule has 5 heteroatoms. The van der Waals surface area contributed by atoms with Gasteiger partial charge in [-0.3, -0.25) is 0 Å². The second-order valence-corrected chi connectivity index (χ2v) is 25.3. The molecular formula is C79H83IrN4-. The Kier molecular flexibility index (Phi) is 18.6. The molecule has 84 heavy (non-hydrogen) atoms. The van der Waals surface area contributed by atoms with E-state index in [2.05, 4.69) is 217 Å². The van der Waals surface area contributed by atoms with Gasteiger partial charge in [0.15, 0.2) is 11.6 Å². The summed E-state index contributed by atoms with van der Waals surface area (Å²) in [5.74, 6) is 3.11. The molecule has 0 amide bonds.